The average molecular weight is 422 g/mol. The van der Waals surface area contributed by atoms with Crippen LogP contribution in [0.2, 0.25) is 5.02 Å². The van der Waals surface area contributed by atoms with Gasteiger partial charge in [-0.2, -0.15) is 9.78 Å². The number of aromatic carboxylic acids is 1. The zero-order valence-electron chi connectivity index (χ0n) is 15.2. The lowest BCUT2D eigenvalue weighted by atomic mass is 10.0. The zero-order valence-corrected chi connectivity index (χ0v) is 15.9. The number of hydrogen-bond acceptors (Lipinski definition) is 5. The van der Waals surface area contributed by atoms with Gasteiger partial charge < -0.3 is 5.11 Å². The number of hydrogen-bond donors (Lipinski definition) is 1. The molecular formula is C21H12ClN3O5. The molecule has 9 heteroatoms. The minimum Gasteiger partial charge on any atom is -0.478 e. The molecule has 1 N–H and O–H groups in total. The molecular weight excluding hydrogens is 410 g/mol. The second kappa shape index (κ2) is 7.41. The van der Waals surface area contributed by atoms with Crippen LogP contribution in [0.5, 0.6) is 0 Å². The van der Waals surface area contributed by atoms with E-state index in [1.165, 1.54) is 36.4 Å². The molecule has 4 rings (SSSR count). The lowest BCUT2D eigenvalue weighted by molar-refractivity contribution is -0.384. The molecule has 4 aromatic rings. The third-order valence-corrected chi connectivity index (χ3v) is 4.90. The van der Waals surface area contributed by atoms with Crippen molar-refractivity contribution >= 4 is 34.0 Å². The molecule has 148 valence electrons. The summed E-state index contributed by atoms with van der Waals surface area (Å²) < 4.78 is 1.14. The van der Waals surface area contributed by atoms with Crippen molar-refractivity contribution in [2.24, 2.45) is 0 Å². The highest BCUT2D eigenvalue weighted by Crippen LogP contribution is 2.32. The second-order valence-corrected chi connectivity index (χ2v) is 6.79. The van der Waals surface area contributed by atoms with Crippen LogP contribution in [0.4, 0.5) is 5.69 Å². The number of rotatable bonds is 4. The molecule has 8 nitrogen and oxygen atoms in total. The van der Waals surface area contributed by atoms with Crippen LogP contribution >= 0.6 is 11.6 Å². The van der Waals surface area contributed by atoms with Crippen LogP contribution in [0.1, 0.15) is 10.4 Å². The minimum atomic E-state index is -1.09. The summed E-state index contributed by atoms with van der Waals surface area (Å²) in [6.45, 7) is 0. The Morgan fingerprint density at radius 3 is 2.33 bits per heavy atom. The highest BCUT2D eigenvalue weighted by Gasteiger charge is 2.18. The summed E-state index contributed by atoms with van der Waals surface area (Å²) in [4.78, 5) is 34.8. The van der Waals surface area contributed by atoms with Crippen LogP contribution in [0, 0.1) is 10.1 Å². The number of fused-ring (bicyclic) bond motifs is 1. The van der Waals surface area contributed by atoms with E-state index < -0.39 is 16.5 Å². The van der Waals surface area contributed by atoms with Gasteiger partial charge in [-0.3, -0.25) is 14.9 Å². The maximum absolute atomic E-state index is 13.0. The first-order chi connectivity index (χ1) is 14.4. The molecule has 0 saturated heterocycles. The van der Waals surface area contributed by atoms with Crippen LogP contribution in [0.25, 0.3) is 27.7 Å². The summed E-state index contributed by atoms with van der Waals surface area (Å²) in [5.74, 6) is -1.09. The third kappa shape index (κ3) is 3.29. The second-order valence-electron chi connectivity index (χ2n) is 6.39. The summed E-state index contributed by atoms with van der Waals surface area (Å²) in [6.07, 6.45) is 0. The van der Waals surface area contributed by atoms with Crippen molar-refractivity contribution in [3.05, 3.63) is 97.8 Å². The van der Waals surface area contributed by atoms with E-state index in [-0.39, 0.29) is 16.3 Å². The van der Waals surface area contributed by atoms with Crippen LogP contribution < -0.4 is 5.56 Å². The Balaban J connectivity index is 2.00. The average Bonchev–Trinajstić information content (AvgIpc) is 2.75. The maximum Gasteiger partial charge on any atom is 0.335 e. The summed E-state index contributed by atoms with van der Waals surface area (Å²) in [7, 11) is 0. The van der Waals surface area contributed by atoms with Gasteiger partial charge in [0.15, 0.2) is 0 Å². The van der Waals surface area contributed by atoms with Gasteiger partial charge in [0.2, 0.25) is 0 Å². The molecule has 3 aromatic carbocycles. The quantitative estimate of drug-likeness (QED) is 0.387. The lowest BCUT2D eigenvalue weighted by Gasteiger charge is -2.12. The number of nitro groups is 1. The number of halogens is 1. The summed E-state index contributed by atoms with van der Waals surface area (Å²) >= 11 is 5.92. The van der Waals surface area contributed by atoms with Crippen LogP contribution in [-0.2, 0) is 0 Å². The molecule has 0 unspecified atom stereocenters. The fourth-order valence-corrected chi connectivity index (χ4v) is 3.31. The number of carboxylic acid groups (broad SMARTS) is 1. The van der Waals surface area contributed by atoms with E-state index in [1.54, 1.807) is 30.3 Å². The van der Waals surface area contributed by atoms with Gasteiger partial charge in [-0.05, 0) is 36.4 Å². The predicted octanol–water partition coefficient (Wildman–Crippen LogP) is 4.31. The Hall–Kier alpha value is -4.04. The highest BCUT2D eigenvalue weighted by molar-refractivity contribution is 6.32. The van der Waals surface area contributed by atoms with E-state index in [2.05, 4.69) is 5.10 Å². The zero-order chi connectivity index (χ0) is 21.4. The number of nitrogens with zero attached hydrogens (tertiary/aromatic N) is 3. The number of nitro benzene ring substituents is 1. The SMILES string of the molecule is O=C(O)c1ccc(-n2nc(-c3ccc(Cl)c([N+](=O)[O-])c3)c3ccccc3c2=O)cc1. The number of carbonyl (C=O) groups is 1. The lowest BCUT2D eigenvalue weighted by Crippen LogP contribution is -2.22. The van der Waals surface area contributed by atoms with E-state index in [0.717, 1.165) is 4.68 Å². The van der Waals surface area contributed by atoms with Crippen molar-refractivity contribution in [3.63, 3.8) is 0 Å². The fraction of sp³-hybridized carbons (Fsp3) is 0. The van der Waals surface area contributed by atoms with Gasteiger partial charge in [0, 0.05) is 17.0 Å². The molecule has 0 aliphatic heterocycles. The van der Waals surface area contributed by atoms with Crippen molar-refractivity contribution in [2.75, 3.05) is 0 Å². The first kappa shape index (κ1) is 19.3. The molecule has 0 fully saturated rings. The first-order valence-electron chi connectivity index (χ1n) is 8.67. The molecule has 0 spiro atoms. The van der Waals surface area contributed by atoms with E-state index >= 15 is 0 Å². The van der Waals surface area contributed by atoms with Crippen molar-refractivity contribution in [1.82, 2.24) is 9.78 Å². The van der Waals surface area contributed by atoms with Crippen molar-refractivity contribution in [1.29, 1.82) is 0 Å². The predicted molar refractivity (Wildman–Crippen MR) is 111 cm³/mol. The topological polar surface area (TPSA) is 115 Å². The molecule has 30 heavy (non-hydrogen) atoms. The Morgan fingerprint density at radius 1 is 1.03 bits per heavy atom. The van der Waals surface area contributed by atoms with E-state index in [1.807, 2.05) is 0 Å². The Kier molecular flexibility index (Phi) is 4.77. The normalized spacial score (nSPS) is 10.8. The van der Waals surface area contributed by atoms with Gasteiger partial charge in [0.25, 0.3) is 11.2 Å². The monoisotopic (exact) mass is 421 g/mol. The molecule has 0 bridgehead atoms. The molecule has 0 aliphatic rings. The molecule has 0 amide bonds. The summed E-state index contributed by atoms with van der Waals surface area (Å²) in [6, 6.07) is 16.8. The molecule has 0 aliphatic carbocycles. The fourth-order valence-electron chi connectivity index (χ4n) is 3.12. The smallest absolute Gasteiger partial charge is 0.335 e. The van der Waals surface area contributed by atoms with Gasteiger partial charge in [0.05, 0.1) is 27.3 Å². The summed E-state index contributed by atoms with van der Waals surface area (Å²) in [5.41, 5.74) is 0.525. The molecule has 0 radical (unpaired) electrons. The molecule has 0 atom stereocenters. The van der Waals surface area contributed by atoms with E-state index in [4.69, 9.17) is 16.7 Å². The van der Waals surface area contributed by atoms with Gasteiger partial charge >= 0.3 is 5.97 Å². The number of benzene rings is 3. The molecule has 1 aromatic heterocycles. The third-order valence-electron chi connectivity index (χ3n) is 4.58. The highest BCUT2D eigenvalue weighted by atomic mass is 35.5. The van der Waals surface area contributed by atoms with Crippen molar-refractivity contribution in [2.45, 2.75) is 0 Å². The number of carboxylic acids is 1. The Bertz CT molecular complexity index is 1380. The van der Waals surface area contributed by atoms with E-state index in [9.17, 15) is 19.7 Å². The first-order valence-corrected chi connectivity index (χ1v) is 9.05. The molecule has 1 heterocycles. The Morgan fingerprint density at radius 2 is 1.70 bits per heavy atom. The maximum atomic E-state index is 13.0. The van der Waals surface area contributed by atoms with E-state index in [0.29, 0.717) is 27.7 Å². The van der Waals surface area contributed by atoms with Gasteiger partial charge in [-0.15, -0.1) is 0 Å². The van der Waals surface area contributed by atoms with Crippen molar-refractivity contribution in [3.8, 4) is 16.9 Å². The van der Waals surface area contributed by atoms with Crippen LogP contribution in [-0.4, -0.2) is 25.8 Å². The molecule has 0 saturated carbocycles. The van der Waals surface area contributed by atoms with Crippen molar-refractivity contribution < 1.29 is 14.8 Å². The van der Waals surface area contributed by atoms with Gasteiger partial charge in [-0.1, -0.05) is 35.9 Å². The van der Waals surface area contributed by atoms with Crippen LogP contribution in [0.3, 0.4) is 0 Å². The van der Waals surface area contributed by atoms with Gasteiger partial charge in [0.1, 0.15) is 5.02 Å². The largest absolute Gasteiger partial charge is 0.478 e. The minimum absolute atomic E-state index is 0.00867. The standard InChI is InChI=1S/C21H12ClN3O5/c22-17-10-7-13(11-18(17)25(29)30)19-15-3-1-2-4-16(15)20(26)24(23-19)14-8-5-12(6-9-14)21(27)28/h1-11H,(H,27,28). The number of aromatic nitrogens is 2. The van der Waals surface area contributed by atoms with Gasteiger partial charge in [-0.25, -0.2) is 4.79 Å². The van der Waals surface area contributed by atoms with Crippen LogP contribution in [0.15, 0.2) is 71.5 Å². The summed E-state index contributed by atoms with van der Waals surface area (Å²) in [5, 5.41) is 25.7. The Labute approximate surface area is 173 Å².